The van der Waals surface area contributed by atoms with Gasteiger partial charge in [0.15, 0.2) is 0 Å². The molecule has 108 valence electrons. The van der Waals surface area contributed by atoms with E-state index in [0.717, 1.165) is 11.3 Å². The summed E-state index contributed by atoms with van der Waals surface area (Å²) in [6, 6.07) is 14.1. The maximum atomic E-state index is 11.9. The number of ether oxygens (including phenoxy) is 1. The van der Waals surface area contributed by atoms with Crippen molar-refractivity contribution in [2.75, 3.05) is 7.11 Å². The summed E-state index contributed by atoms with van der Waals surface area (Å²) in [5, 5.41) is 4.68. The SMILES string of the molecule is COc1ccc(/C(C)=N/NC(=O)c2ccc(Cl)cc2)cc1. The Kier molecular flexibility index (Phi) is 4.95. The standard InChI is InChI=1S/C16H15ClN2O2/c1-11(12-5-9-15(21-2)10-6-12)18-19-16(20)13-3-7-14(17)8-4-13/h3-10H,1-2H3,(H,19,20)/b18-11+. The van der Waals surface area contributed by atoms with Crippen molar-refractivity contribution in [3.8, 4) is 5.75 Å². The summed E-state index contributed by atoms with van der Waals surface area (Å²) in [6.45, 7) is 1.82. The molecule has 1 amide bonds. The molecule has 0 saturated heterocycles. The summed E-state index contributed by atoms with van der Waals surface area (Å²) >= 11 is 5.78. The molecular weight excluding hydrogens is 288 g/mol. The van der Waals surface area contributed by atoms with Crippen LogP contribution in [0.25, 0.3) is 0 Å². The van der Waals surface area contributed by atoms with E-state index in [1.54, 1.807) is 31.4 Å². The van der Waals surface area contributed by atoms with Gasteiger partial charge in [-0.05, 0) is 61.0 Å². The Hall–Kier alpha value is -2.33. The Morgan fingerprint density at radius 1 is 1.05 bits per heavy atom. The zero-order valence-electron chi connectivity index (χ0n) is 11.8. The average Bonchev–Trinajstić information content (AvgIpc) is 2.53. The highest BCUT2D eigenvalue weighted by Crippen LogP contribution is 2.12. The van der Waals surface area contributed by atoms with Crippen LogP contribution in [0.2, 0.25) is 5.02 Å². The zero-order chi connectivity index (χ0) is 15.2. The number of nitrogens with one attached hydrogen (secondary N) is 1. The van der Waals surface area contributed by atoms with Gasteiger partial charge in [-0.15, -0.1) is 0 Å². The first kappa shape index (κ1) is 15.1. The van der Waals surface area contributed by atoms with Gasteiger partial charge in [-0.3, -0.25) is 4.79 Å². The molecule has 0 aromatic heterocycles. The molecule has 0 atom stereocenters. The predicted octanol–water partition coefficient (Wildman–Crippen LogP) is 3.50. The molecule has 2 aromatic rings. The van der Waals surface area contributed by atoms with Crippen LogP contribution in [0.5, 0.6) is 5.75 Å². The number of amides is 1. The first-order valence-corrected chi connectivity index (χ1v) is 6.72. The fourth-order valence-electron chi connectivity index (χ4n) is 1.70. The molecule has 0 heterocycles. The number of hydrogen-bond acceptors (Lipinski definition) is 3. The summed E-state index contributed by atoms with van der Waals surface area (Å²) in [6.07, 6.45) is 0. The first-order valence-electron chi connectivity index (χ1n) is 6.35. The Morgan fingerprint density at radius 2 is 1.62 bits per heavy atom. The van der Waals surface area contributed by atoms with Crippen molar-refractivity contribution in [1.82, 2.24) is 5.43 Å². The summed E-state index contributed by atoms with van der Waals surface area (Å²) in [7, 11) is 1.61. The second kappa shape index (κ2) is 6.90. The van der Waals surface area contributed by atoms with Crippen LogP contribution >= 0.6 is 11.6 Å². The number of carbonyl (C=O) groups excluding carboxylic acids is 1. The fourth-order valence-corrected chi connectivity index (χ4v) is 1.82. The Bertz CT molecular complexity index is 649. The van der Waals surface area contributed by atoms with Crippen molar-refractivity contribution in [3.05, 3.63) is 64.7 Å². The maximum absolute atomic E-state index is 11.9. The summed E-state index contributed by atoms with van der Waals surface area (Å²) in [5.41, 5.74) is 4.64. The van der Waals surface area contributed by atoms with E-state index < -0.39 is 0 Å². The average molecular weight is 303 g/mol. The minimum Gasteiger partial charge on any atom is -0.497 e. The molecule has 0 fully saturated rings. The van der Waals surface area contributed by atoms with Crippen molar-refractivity contribution in [2.24, 2.45) is 5.10 Å². The molecule has 0 bridgehead atoms. The molecule has 21 heavy (non-hydrogen) atoms. The molecule has 5 heteroatoms. The largest absolute Gasteiger partial charge is 0.497 e. The summed E-state index contributed by atoms with van der Waals surface area (Å²) in [4.78, 5) is 11.9. The van der Waals surface area contributed by atoms with E-state index in [4.69, 9.17) is 16.3 Å². The second-order valence-corrected chi connectivity index (χ2v) is 4.81. The number of hydrazone groups is 1. The molecule has 0 spiro atoms. The lowest BCUT2D eigenvalue weighted by Gasteiger charge is -2.04. The molecule has 1 N–H and O–H groups in total. The van der Waals surface area contributed by atoms with Crippen molar-refractivity contribution in [3.63, 3.8) is 0 Å². The number of benzene rings is 2. The van der Waals surface area contributed by atoms with Crippen molar-refractivity contribution >= 4 is 23.2 Å². The molecule has 0 aliphatic carbocycles. The minimum absolute atomic E-state index is 0.278. The van der Waals surface area contributed by atoms with Gasteiger partial charge in [0.05, 0.1) is 12.8 Å². The number of carbonyl (C=O) groups is 1. The van der Waals surface area contributed by atoms with Gasteiger partial charge in [0.1, 0.15) is 5.75 Å². The minimum atomic E-state index is -0.278. The number of rotatable bonds is 4. The van der Waals surface area contributed by atoms with Crippen LogP contribution in [-0.2, 0) is 0 Å². The van der Waals surface area contributed by atoms with Crippen LogP contribution in [0.4, 0.5) is 0 Å². The summed E-state index contributed by atoms with van der Waals surface area (Å²) < 4.78 is 5.09. The number of methoxy groups -OCH3 is 1. The monoisotopic (exact) mass is 302 g/mol. The van der Waals surface area contributed by atoms with E-state index in [1.807, 2.05) is 31.2 Å². The van der Waals surface area contributed by atoms with Crippen LogP contribution < -0.4 is 10.2 Å². The number of hydrogen-bond donors (Lipinski definition) is 1. The number of nitrogens with zero attached hydrogens (tertiary/aromatic N) is 1. The van der Waals surface area contributed by atoms with E-state index in [0.29, 0.717) is 16.3 Å². The van der Waals surface area contributed by atoms with Crippen LogP contribution in [-0.4, -0.2) is 18.7 Å². The maximum Gasteiger partial charge on any atom is 0.271 e. The molecule has 0 aliphatic heterocycles. The molecule has 0 aliphatic rings. The van der Waals surface area contributed by atoms with E-state index in [1.165, 1.54) is 0 Å². The third-order valence-electron chi connectivity index (χ3n) is 2.94. The molecule has 0 radical (unpaired) electrons. The third-order valence-corrected chi connectivity index (χ3v) is 3.19. The molecule has 2 aromatic carbocycles. The second-order valence-electron chi connectivity index (χ2n) is 4.37. The molecule has 0 unspecified atom stereocenters. The van der Waals surface area contributed by atoms with Gasteiger partial charge in [-0.2, -0.15) is 5.10 Å². The normalized spacial score (nSPS) is 11.1. The van der Waals surface area contributed by atoms with Gasteiger partial charge >= 0.3 is 0 Å². The predicted molar refractivity (Wildman–Crippen MR) is 84.1 cm³/mol. The number of halogens is 1. The van der Waals surface area contributed by atoms with E-state index >= 15 is 0 Å². The van der Waals surface area contributed by atoms with E-state index in [2.05, 4.69) is 10.5 Å². The Morgan fingerprint density at radius 3 is 2.19 bits per heavy atom. The highest BCUT2D eigenvalue weighted by atomic mass is 35.5. The van der Waals surface area contributed by atoms with Gasteiger partial charge in [0, 0.05) is 10.6 Å². The van der Waals surface area contributed by atoms with E-state index in [9.17, 15) is 4.79 Å². The van der Waals surface area contributed by atoms with Crippen molar-refractivity contribution in [1.29, 1.82) is 0 Å². The molecule has 0 saturated carbocycles. The lowest BCUT2D eigenvalue weighted by molar-refractivity contribution is 0.0955. The van der Waals surface area contributed by atoms with Crippen LogP contribution in [0.1, 0.15) is 22.8 Å². The quantitative estimate of drug-likeness (QED) is 0.694. The van der Waals surface area contributed by atoms with Crippen molar-refractivity contribution < 1.29 is 9.53 Å². The smallest absolute Gasteiger partial charge is 0.271 e. The third kappa shape index (κ3) is 4.07. The van der Waals surface area contributed by atoms with Crippen LogP contribution in [0.15, 0.2) is 53.6 Å². The Labute approximate surface area is 128 Å². The summed E-state index contributed by atoms with van der Waals surface area (Å²) in [5.74, 6) is 0.497. The van der Waals surface area contributed by atoms with Gasteiger partial charge in [-0.1, -0.05) is 11.6 Å². The Balaban J connectivity index is 2.05. The highest BCUT2D eigenvalue weighted by Gasteiger charge is 2.04. The molecule has 4 nitrogen and oxygen atoms in total. The van der Waals surface area contributed by atoms with Gasteiger partial charge in [0.2, 0.25) is 0 Å². The lowest BCUT2D eigenvalue weighted by Crippen LogP contribution is -2.19. The van der Waals surface area contributed by atoms with Gasteiger partial charge < -0.3 is 4.74 Å². The topological polar surface area (TPSA) is 50.7 Å². The fraction of sp³-hybridized carbons (Fsp3) is 0.125. The highest BCUT2D eigenvalue weighted by molar-refractivity contribution is 6.30. The lowest BCUT2D eigenvalue weighted by atomic mass is 10.1. The van der Waals surface area contributed by atoms with Gasteiger partial charge in [0.25, 0.3) is 5.91 Å². The molecule has 2 rings (SSSR count). The van der Waals surface area contributed by atoms with Gasteiger partial charge in [-0.25, -0.2) is 5.43 Å². The van der Waals surface area contributed by atoms with Crippen molar-refractivity contribution in [2.45, 2.75) is 6.92 Å². The molecular formula is C16H15ClN2O2. The zero-order valence-corrected chi connectivity index (χ0v) is 12.5. The van der Waals surface area contributed by atoms with Crippen LogP contribution in [0, 0.1) is 0 Å². The first-order chi connectivity index (χ1) is 10.1. The van der Waals surface area contributed by atoms with Crippen LogP contribution in [0.3, 0.4) is 0 Å². The van der Waals surface area contributed by atoms with E-state index in [-0.39, 0.29) is 5.91 Å².